The van der Waals surface area contributed by atoms with Crippen molar-refractivity contribution in [3.63, 3.8) is 0 Å². The third-order valence-electron chi connectivity index (χ3n) is 4.90. The van der Waals surface area contributed by atoms with Crippen molar-refractivity contribution in [2.24, 2.45) is 0 Å². The summed E-state index contributed by atoms with van der Waals surface area (Å²) in [7, 11) is 0. The van der Waals surface area contributed by atoms with Gasteiger partial charge in [-0.3, -0.25) is 19.7 Å². The van der Waals surface area contributed by atoms with Gasteiger partial charge >= 0.3 is 0 Å². The van der Waals surface area contributed by atoms with Crippen molar-refractivity contribution >= 4 is 29.9 Å². The molecule has 0 bridgehead atoms. The second-order valence-corrected chi connectivity index (χ2v) is 6.54. The molecule has 1 atom stereocenters. The minimum atomic E-state index is -0.496. The first-order valence-corrected chi connectivity index (χ1v) is 8.52. The first-order chi connectivity index (χ1) is 12.0. The van der Waals surface area contributed by atoms with E-state index < -0.39 is 4.92 Å². The van der Waals surface area contributed by atoms with Crippen LogP contribution in [0.2, 0.25) is 0 Å². The van der Waals surface area contributed by atoms with Gasteiger partial charge in [0.1, 0.15) is 5.56 Å². The molecule has 2 fully saturated rings. The Morgan fingerprint density at radius 2 is 2.12 bits per heavy atom. The van der Waals surface area contributed by atoms with Crippen LogP contribution in [0.3, 0.4) is 0 Å². The number of aryl methyl sites for hydroxylation is 1. The van der Waals surface area contributed by atoms with Crippen LogP contribution in [-0.2, 0) is 4.79 Å². The fraction of sp³-hybridized carbons (Fsp3) is 0.529. The Bertz CT molecular complexity index is 712. The Balaban J connectivity index is 0.00000243. The minimum Gasteiger partial charge on any atom is -0.336 e. The molecule has 0 spiro atoms. The Hall–Kier alpha value is -2.19. The number of piperidine rings is 1. The quantitative estimate of drug-likeness (QED) is 0.629. The molecule has 0 radical (unpaired) electrons. The van der Waals surface area contributed by atoms with Crippen molar-refractivity contribution in [1.82, 2.24) is 15.1 Å². The van der Waals surface area contributed by atoms with E-state index in [1.807, 2.05) is 4.90 Å². The average molecular weight is 383 g/mol. The highest BCUT2D eigenvalue weighted by Gasteiger charge is 2.34. The fourth-order valence-electron chi connectivity index (χ4n) is 3.65. The molecule has 0 saturated carbocycles. The van der Waals surface area contributed by atoms with Crippen LogP contribution in [0.25, 0.3) is 0 Å². The summed E-state index contributed by atoms with van der Waals surface area (Å²) in [5, 5.41) is 14.4. The molecule has 2 aliphatic heterocycles. The molecule has 0 aliphatic carbocycles. The third-order valence-corrected chi connectivity index (χ3v) is 4.90. The zero-order valence-corrected chi connectivity index (χ0v) is 15.5. The molecule has 1 unspecified atom stereocenters. The zero-order chi connectivity index (χ0) is 18.0. The number of rotatable bonds is 3. The largest absolute Gasteiger partial charge is 0.336 e. The molecule has 8 nitrogen and oxygen atoms in total. The van der Waals surface area contributed by atoms with Crippen LogP contribution in [0.5, 0.6) is 0 Å². The van der Waals surface area contributed by atoms with Crippen molar-refractivity contribution in [3.8, 4) is 0 Å². The van der Waals surface area contributed by atoms with Crippen LogP contribution in [-0.4, -0.2) is 65.3 Å². The van der Waals surface area contributed by atoms with Crippen LogP contribution >= 0.6 is 12.4 Å². The van der Waals surface area contributed by atoms with Gasteiger partial charge in [-0.15, -0.1) is 12.4 Å². The Morgan fingerprint density at radius 1 is 1.35 bits per heavy atom. The van der Waals surface area contributed by atoms with E-state index >= 15 is 0 Å². The SMILES string of the molecule is Cc1cccc(C(=O)N2CCCC(N3CCNCC3=O)C2)c1[N+](=O)[O-].Cl. The highest BCUT2D eigenvalue weighted by Crippen LogP contribution is 2.26. The molecular formula is C17H23ClN4O4. The van der Waals surface area contributed by atoms with Gasteiger partial charge in [0.25, 0.3) is 11.6 Å². The standard InChI is InChI=1S/C17H22N4O4.ClH/c1-12-4-2-6-14(16(12)21(24)25)17(23)19-8-3-5-13(11-19)20-9-7-18-10-15(20)22;/h2,4,6,13,18H,3,5,7-11H2,1H3;1H. The zero-order valence-electron chi connectivity index (χ0n) is 14.6. The van der Waals surface area contributed by atoms with Gasteiger partial charge in [-0.25, -0.2) is 0 Å². The summed E-state index contributed by atoms with van der Waals surface area (Å²) in [4.78, 5) is 39.3. The average Bonchev–Trinajstić information content (AvgIpc) is 2.61. The summed E-state index contributed by atoms with van der Waals surface area (Å²) in [6, 6.07) is 4.79. The molecule has 2 aliphatic rings. The monoisotopic (exact) mass is 382 g/mol. The summed E-state index contributed by atoms with van der Waals surface area (Å²) >= 11 is 0. The second kappa shape index (κ2) is 8.46. The number of halogens is 1. The highest BCUT2D eigenvalue weighted by atomic mass is 35.5. The summed E-state index contributed by atoms with van der Waals surface area (Å²) < 4.78 is 0. The number of amides is 2. The van der Waals surface area contributed by atoms with E-state index in [1.165, 1.54) is 6.07 Å². The van der Waals surface area contributed by atoms with Crippen molar-refractivity contribution in [1.29, 1.82) is 0 Å². The molecule has 9 heteroatoms. The molecule has 1 aromatic carbocycles. The maximum absolute atomic E-state index is 12.9. The molecule has 2 saturated heterocycles. The number of hydrogen-bond donors (Lipinski definition) is 1. The minimum absolute atomic E-state index is 0. The van der Waals surface area contributed by atoms with Crippen molar-refractivity contribution in [2.75, 3.05) is 32.7 Å². The van der Waals surface area contributed by atoms with Gasteiger partial charge in [-0.2, -0.15) is 0 Å². The lowest BCUT2D eigenvalue weighted by molar-refractivity contribution is -0.385. The first-order valence-electron chi connectivity index (χ1n) is 8.52. The van der Waals surface area contributed by atoms with Gasteiger partial charge in [0.2, 0.25) is 5.91 Å². The predicted octanol–water partition coefficient (Wildman–Crippen LogP) is 1.36. The van der Waals surface area contributed by atoms with Gasteiger partial charge in [-0.05, 0) is 25.8 Å². The first kappa shape index (κ1) is 20.1. The van der Waals surface area contributed by atoms with Gasteiger partial charge in [0, 0.05) is 37.8 Å². The topological polar surface area (TPSA) is 95.8 Å². The van der Waals surface area contributed by atoms with Gasteiger partial charge in [0.15, 0.2) is 0 Å². The summed E-state index contributed by atoms with van der Waals surface area (Å²) in [6.45, 7) is 4.33. The number of hydrogen-bond acceptors (Lipinski definition) is 5. The molecule has 2 heterocycles. The number of piperazine rings is 1. The smallest absolute Gasteiger partial charge is 0.285 e. The molecular weight excluding hydrogens is 360 g/mol. The Morgan fingerprint density at radius 3 is 2.81 bits per heavy atom. The van der Waals surface area contributed by atoms with Gasteiger partial charge in [-0.1, -0.05) is 12.1 Å². The number of carbonyl (C=O) groups is 2. The predicted molar refractivity (Wildman–Crippen MR) is 98.6 cm³/mol. The maximum Gasteiger partial charge on any atom is 0.285 e. The van der Waals surface area contributed by atoms with E-state index in [2.05, 4.69) is 5.32 Å². The third kappa shape index (κ3) is 3.96. The second-order valence-electron chi connectivity index (χ2n) is 6.54. The van der Waals surface area contributed by atoms with E-state index in [-0.39, 0.29) is 41.5 Å². The van der Waals surface area contributed by atoms with Crippen molar-refractivity contribution < 1.29 is 14.5 Å². The number of nitrogens with one attached hydrogen (secondary N) is 1. The van der Waals surface area contributed by atoms with Crippen LogP contribution < -0.4 is 5.32 Å². The normalized spacial score (nSPS) is 20.5. The van der Waals surface area contributed by atoms with E-state index in [9.17, 15) is 19.7 Å². The number of para-hydroxylation sites is 1. The summed E-state index contributed by atoms with van der Waals surface area (Å²) in [5.41, 5.74) is 0.465. The highest BCUT2D eigenvalue weighted by molar-refractivity contribution is 5.98. The molecule has 0 aromatic heterocycles. The molecule has 142 valence electrons. The van der Waals surface area contributed by atoms with Crippen LogP contribution in [0.1, 0.15) is 28.8 Å². The molecule has 1 aromatic rings. The van der Waals surface area contributed by atoms with Crippen molar-refractivity contribution in [3.05, 3.63) is 39.4 Å². The van der Waals surface area contributed by atoms with Crippen LogP contribution in [0.15, 0.2) is 18.2 Å². The van der Waals surface area contributed by atoms with E-state index in [0.717, 1.165) is 19.4 Å². The number of carbonyl (C=O) groups excluding carboxylic acids is 2. The summed E-state index contributed by atoms with van der Waals surface area (Å²) in [6.07, 6.45) is 1.64. The maximum atomic E-state index is 12.9. The van der Waals surface area contributed by atoms with Crippen LogP contribution in [0, 0.1) is 17.0 Å². The number of nitrogens with zero attached hydrogens (tertiary/aromatic N) is 3. The Labute approximate surface area is 158 Å². The molecule has 1 N–H and O–H groups in total. The fourth-order valence-corrected chi connectivity index (χ4v) is 3.65. The lowest BCUT2D eigenvalue weighted by Crippen LogP contribution is -2.57. The number of benzene rings is 1. The number of likely N-dealkylation sites (tertiary alicyclic amines) is 1. The van der Waals surface area contributed by atoms with E-state index in [1.54, 1.807) is 24.0 Å². The van der Waals surface area contributed by atoms with Crippen LogP contribution in [0.4, 0.5) is 5.69 Å². The number of nitro benzene ring substituents is 1. The molecule has 26 heavy (non-hydrogen) atoms. The van der Waals surface area contributed by atoms with Gasteiger partial charge < -0.3 is 15.1 Å². The lowest BCUT2D eigenvalue weighted by atomic mass is 10.0. The lowest BCUT2D eigenvalue weighted by Gasteiger charge is -2.41. The van der Waals surface area contributed by atoms with Gasteiger partial charge in [0.05, 0.1) is 11.5 Å². The van der Waals surface area contributed by atoms with Crippen molar-refractivity contribution in [2.45, 2.75) is 25.8 Å². The number of nitro groups is 1. The van der Waals surface area contributed by atoms with E-state index in [4.69, 9.17) is 0 Å². The summed E-state index contributed by atoms with van der Waals surface area (Å²) in [5.74, 6) is -0.283. The van der Waals surface area contributed by atoms with E-state index in [0.29, 0.717) is 31.7 Å². The Kier molecular flexibility index (Phi) is 6.55. The molecule has 3 rings (SSSR count). The molecule has 2 amide bonds.